The van der Waals surface area contributed by atoms with E-state index in [-0.39, 0.29) is 31.1 Å². The van der Waals surface area contributed by atoms with Gasteiger partial charge in [0.25, 0.3) is 0 Å². The largest absolute Gasteiger partial charge is 0.462 e. The van der Waals surface area contributed by atoms with Crippen molar-refractivity contribution in [2.75, 3.05) is 13.2 Å². The van der Waals surface area contributed by atoms with Gasteiger partial charge in [0.05, 0.1) is 0 Å². The van der Waals surface area contributed by atoms with E-state index in [9.17, 15) is 14.4 Å². The molecule has 0 radical (unpaired) electrons. The lowest BCUT2D eigenvalue weighted by molar-refractivity contribution is -0.167. The summed E-state index contributed by atoms with van der Waals surface area (Å²) in [4.78, 5) is 38.2. The molecule has 0 spiro atoms. The molecule has 78 heavy (non-hydrogen) atoms. The average Bonchev–Trinajstić information content (AvgIpc) is 3.44. The first-order valence-electron chi connectivity index (χ1n) is 34.6. The van der Waals surface area contributed by atoms with Crippen molar-refractivity contribution in [3.63, 3.8) is 0 Å². The SMILES string of the molecule is CCC/C=C\CCCCCCCC(=O)OCC(COC(=O)CCCCCCCCCCCCCCCCCCCCCCCCCCCCCCCCC)OC(=O)CCCCCCCC/C=C\C/C=C\C/C=C\CCCCC. The van der Waals surface area contributed by atoms with E-state index >= 15 is 0 Å². The minimum atomic E-state index is -0.782. The maximum atomic E-state index is 12.9. The molecule has 0 aliphatic heterocycles. The Kier molecular flexibility index (Phi) is 64.6. The van der Waals surface area contributed by atoms with Gasteiger partial charge in [0.2, 0.25) is 0 Å². The third kappa shape index (κ3) is 64.2. The molecule has 0 N–H and O–H groups in total. The lowest BCUT2D eigenvalue weighted by Crippen LogP contribution is -2.30. The zero-order chi connectivity index (χ0) is 56.4. The summed E-state index contributed by atoms with van der Waals surface area (Å²) in [7, 11) is 0. The molecular formula is C72H132O6. The van der Waals surface area contributed by atoms with Crippen LogP contribution in [0.15, 0.2) is 48.6 Å². The lowest BCUT2D eigenvalue weighted by Gasteiger charge is -2.18. The molecule has 0 aromatic rings. The van der Waals surface area contributed by atoms with Crippen LogP contribution in [0.5, 0.6) is 0 Å². The second kappa shape index (κ2) is 66.9. The van der Waals surface area contributed by atoms with Crippen LogP contribution in [0.3, 0.4) is 0 Å². The van der Waals surface area contributed by atoms with Gasteiger partial charge >= 0.3 is 17.9 Å². The summed E-state index contributed by atoms with van der Waals surface area (Å²) in [6, 6.07) is 0. The number of carbonyl (C=O) groups is 3. The van der Waals surface area contributed by atoms with E-state index in [1.54, 1.807) is 0 Å². The summed E-state index contributed by atoms with van der Waals surface area (Å²) in [5, 5.41) is 0. The van der Waals surface area contributed by atoms with Gasteiger partial charge in [-0.3, -0.25) is 14.4 Å². The van der Waals surface area contributed by atoms with Crippen molar-refractivity contribution in [3.05, 3.63) is 48.6 Å². The van der Waals surface area contributed by atoms with Gasteiger partial charge in [0.1, 0.15) is 13.2 Å². The number of allylic oxidation sites excluding steroid dienone is 8. The number of carbonyl (C=O) groups excluding carboxylic acids is 3. The normalized spacial score (nSPS) is 12.3. The van der Waals surface area contributed by atoms with Gasteiger partial charge in [0, 0.05) is 19.3 Å². The smallest absolute Gasteiger partial charge is 0.306 e. The van der Waals surface area contributed by atoms with Crippen LogP contribution in [0.25, 0.3) is 0 Å². The number of hydrogen-bond donors (Lipinski definition) is 0. The molecule has 0 saturated heterocycles. The summed E-state index contributed by atoms with van der Waals surface area (Å²) >= 11 is 0. The predicted molar refractivity (Wildman–Crippen MR) is 339 cm³/mol. The maximum absolute atomic E-state index is 12.9. The molecule has 6 heteroatoms. The van der Waals surface area contributed by atoms with Crippen molar-refractivity contribution in [3.8, 4) is 0 Å². The minimum absolute atomic E-state index is 0.0779. The Balaban J connectivity index is 4.10. The Morgan fingerprint density at radius 3 is 0.808 bits per heavy atom. The zero-order valence-electron chi connectivity index (χ0n) is 52.5. The molecule has 0 aromatic heterocycles. The van der Waals surface area contributed by atoms with E-state index in [0.29, 0.717) is 19.3 Å². The Morgan fingerprint density at radius 1 is 0.256 bits per heavy atom. The van der Waals surface area contributed by atoms with Crippen molar-refractivity contribution < 1.29 is 28.6 Å². The fourth-order valence-electron chi connectivity index (χ4n) is 10.3. The monoisotopic (exact) mass is 1090 g/mol. The molecule has 0 heterocycles. The third-order valence-corrected chi connectivity index (χ3v) is 15.5. The second-order valence-electron chi connectivity index (χ2n) is 23.4. The predicted octanol–water partition coefficient (Wildman–Crippen LogP) is 23.7. The molecule has 456 valence electrons. The number of rotatable bonds is 64. The first-order chi connectivity index (χ1) is 38.5. The summed E-state index contributed by atoms with van der Waals surface area (Å²) in [6.45, 7) is 6.59. The highest BCUT2D eigenvalue weighted by Gasteiger charge is 2.19. The fraction of sp³-hybridized carbons (Fsp3) is 0.847. The average molecular weight is 1090 g/mol. The van der Waals surface area contributed by atoms with Gasteiger partial charge in [-0.15, -0.1) is 0 Å². The van der Waals surface area contributed by atoms with Crippen LogP contribution in [0.2, 0.25) is 0 Å². The van der Waals surface area contributed by atoms with Crippen LogP contribution in [-0.4, -0.2) is 37.2 Å². The fourth-order valence-corrected chi connectivity index (χ4v) is 10.3. The molecule has 1 unspecified atom stereocenters. The van der Waals surface area contributed by atoms with E-state index < -0.39 is 6.10 Å². The molecule has 1 atom stereocenters. The molecule has 6 nitrogen and oxygen atoms in total. The van der Waals surface area contributed by atoms with Gasteiger partial charge in [-0.25, -0.2) is 0 Å². The van der Waals surface area contributed by atoms with Gasteiger partial charge in [-0.2, -0.15) is 0 Å². The first kappa shape index (κ1) is 75.4. The molecule has 0 aliphatic carbocycles. The van der Waals surface area contributed by atoms with Crippen LogP contribution in [0.1, 0.15) is 374 Å². The zero-order valence-corrected chi connectivity index (χ0v) is 52.5. The van der Waals surface area contributed by atoms with Crippen molar-refractivity contribution in [1.82, 2.24) is 0 Å². The molecular weight excluding hydrogens is 961 g/mol. The van der Waals surface area contributed by atoms with Crippen LogP contribution in [-0.2, 0) is 28.6 Å². The summed E-state index contributed by atoms with van der Waals surface area (Å²) in [5.74, 6) is -0.882. The molecule has 0 rings (SSSR count). The van der Waals surface area contributed by atoms with Crippen LogP contribution in [0.4, 0.5) is 0 Å². The Morgan fingerprint density at radius 2 is 0.487 bits per heavy atom. The summed E-state index contributed by atoms with van der Waals surface area (Å²) < 4.78 is 16.9. The standard InChI is InChI=1S/C72H132O6/c1-4-7-10-13-16-19-22-24-26-28-30-31-32-33-34-35-36-37-38-39-40-41-43-44-46-48-50-53-56-59-62-65-71(74)77-68-69(67-76-70(73)64-61-58-55-52-21-18-15-12-9-6-3)78-72(75)66-63-60-57-54-51-49-47-45-42-29-27-25-23-20-17-14-11-8-5-2/h12,15,17,20,25,27,42,45,69H,4-11,13-14,16,18-19,21-24,26,28-41,43-44,46-68H2,1-3H3/b15-12-,20-17-,27-25-,45-42-. The highest BCUT2D eigenvalue weighted by Crippen LogP contribution is 2.18. The van der Waals surface area contributed by atoms with E-state index in [1.165, 1.54) is 238 Å². The van der Waals surface area contributed by atoms with Crippen LogP contribution in [0, 0.1) is 0 Å². The number of hydrogen-bond acceptors (Lipinski definition) is 6. The van der Waals surface area contributed by atoms with Crippen molar-refractivity contribution >= 4 is 17.9 Å². The molecule has 0 amide bonds. The highest BCUT2D eigenvalue weighted by atomic mass is 16.6. The molecule has 0 aromatic carbocycles. The highest BCUT2D eigenvalue weighted by molar-refractivity contribution is 5.71. The van der Waals surface area contributed by atoms with E-state index in [1.807, 2.05) is 0 Å². The van der Waals surface area contributed by atoms with Gasteiger partial charge in [-0.05, 0) is 77.0 Å². The quantitative estimate of drug-likeness (QED) is 0.0261. The number of esters is 3. The molecule has 0 saturated carbocycles. The third-order valence-electron chi connectivity index (χ3n) is 15.5. The number of ether oxygens (including phenoxy) is 3. The second-order valence-corrected chi connectivity index (χ2v) is 23.4. The minimum Gasteiger partial charge on any atom is -0.462 e. The van der Waals surface area contributed by atoms with Gasteiger partial charge in [0.15, 0.2) is 6.10 Å². The van der Waals surface area contributed by atoms with Gasteiger partial charge in [-0.1, -0.05) is 326 Å². The van der Waals surface area contributed by atoms with Crippen molar-refractivity contribution in [2.45, 2.75) is 380 Å². The Labute approximate surface area is 486 Å². The van der Waals surface area contributed by atoms with Crippen molar-refractivity contribution in [2.24, 2.45) is 0 Å². The van der Waals surface area contributed by atoms with Crippen LogP contribution >= 0.6 is 0 Å². The Hall–Kier alpha value is -2.63. The summed E-state index contributed by atoms with van der Waals surface area (Å²) in [6.07, 6.45) is 84.5. The first-order valence-corrected chi connectivity index (χ1v) is 34.6. The van der Waals surface area contributed by atoms with Crippen molar-refractivity contribution in [1.29, 1.82) is 0 Å². The number of unbranched alkanes of at least 4 members (excludes halogenated alkanes) is 45. The van der Waals surface area contributed by atoms with E-state index in [2.05, 4.69) is 69.4 Å². The Bertz CT molecular complexity index is 1350. The summed E-state index contributed by atoms with van der Waals surface area (Å²) in [5.41, 5.74) is 0. The molecule has 0 aliphatic rings. The lowest BCUT2D eigenvalue weighted by atomic mass is 10.0. The van der Waals surface area contributed by atoms with Gasteiger partial charge < -0.3 is 14.2 Å². The van der Waals surface area contributed by atoms with E-state index in [4.69, 9.17) is 14.2 Å². The topological polar surface area (TPSA) is 78.9 Å². The molecule has 0 fully saturated rings. The van der Waals surface area contributed by atoms with Crippen LogP contribution < -0.4 is 0 Å². The van der Waals surface area contributed by atoms with E-state index in [0.717, 1.165) is 96.3 Å². The molecule has 0 bridgehead atoms. The maximum Gasteiger partial charge on any atom is 0.306 e.